The number of hydrogen-bond acceptors (Lipinski definition) is 10. The second-order valence-corrected chi connectivity index (χ2v) is 8.71. The Labute approximate surface area is 204 Å². The molecular formula is C23H21ClN4O7. The number of fused-ring (bicyclic) bond motifs is 1. The van der Waals surface area contributed by atoms with Gasteiger partial charge in [0.15, 0.2) is 29.2 Å². The number of benzene rings is 1. The smallest absolute Gasteiger partial charge is 0.338 e. The van der Waals surface area contributed by atoms with Gasteiger partial charge in [-0.3, -0.25) is 14.2 Å². The maximum absolute atomic E-state index is 12.8. The monoisotopic (exact) mass is 500 g/mol. The summed E-state index contributed by atoms with van der Waals surface area (Å²) in [7, 11) is 0. The number of imidazole rings is 1. The van der Waals surface area contributed by atoms with Crippen molar-refractivity contribution >= 4 is 40.7 Å². The van der Waals surface area contributed by atoms with Crippen LogP contribution in [0.4, 0.5) is 0 Å². The molecule has 1 aliphatic heterocycles. The summed E-state index contributed by atoms with van der Waals surface area (Å²) in [4.78, 5) is 49.3. The van der Waals surface area contributed by atoms with Crippen LogP contribution in [0.25, 0.3) is 11.2 Å². The predicted molar refractivity (Wildman–Crippen MR) is 119 cm³/mol. The molecule has 5 atom stereocenters. The van der Waals surface area contributed by atoms with Gasteiger partial charge in [0.1, 0.15) is 23.5 Å². The maximum atomic E-state index is 12.8. The second-order valence-electron chi connectivity index (χ2n) is 8.35. The number of esters is 3. The molecule has 35 heavy (non-hydrogen) atoms. The number of ether oxygens (including phenoxy) is 4. The topological polar surface area (TPSA) is 132 Å². The van der Waals surface area contributed by atoms with Crippen LogP contribution < -0.4 is 0 Å². The minimum Gasteiger partial charge on any atom is -0.456 e. The van der Waals surface area contributed by atoms with Crippen LogP contribution in [0.3, 0.4) is 0 Å². The van der Waals surface area contributed by atoms with Crippen LogP contribution in [0.15, 0.2) is 43.0 Å². The standard InChI is InChI=1S/C23H21ClN4O7/c1-12(29)32-17-18(33-13(2)30)23(9-8-15(23)34-22(31)14-6-4-3-5-7-14)35-21(17)28-11-27-16-19(24)25-10-26-20(16)28/h3-7,10-11,15,17-18,21H,8-9H2,1-2H3/t15-,17?,18?,21?,23+/m1/s1. The van der Waals surface area contributed by atoms with Gasteiger partial charge in [0.25, 0.3) is 0 Å². The van der Waals surface area contributed by atoms with Crippen molar-refractivity contribution in [2.45, 2.75) is 56.8 Å². The zero-order valence-corrected chi connectivity index (χ0v) is 19.5. The van der Waals surface area contributed by atoms with Gasteiger partial charge >= 0.3 is 17.9 Å². The summed E-state index contributed by atoms with van der Waals surface area (Å²) in [6.45, 7) is 2.49. The average molecular weight is 501 g/mol. The first-order chi connectivity index (χ1) is 16.8. The fourth-order valence-electron chi connectivity index (χ4n) is 4.61. The van der Waals surface area contributed by atoms with Gasteiger partial charge in [-0.2, -0.15) is 0 Å². The molecule has 2 aliphatic rings. The molecule has 0 radical (unpaired) electrons. The molecule has 182 valence electrons. The van der Waals surface area contributed by atoms with Gasteiger partial charge in [0.2, 0.25) is 0 Å². The van der Waals surface area contributed by atoms with Gasteiger partial charge in [-0.15, -0.1) is 0 Å². The fraction of sp³-hybridized carbons (Fsp3) is 0.391. The van der Waals surface area contributed by atoms with Gasteiger partial charge in [0.05, 0.1) is 11.9 Å². The lowest BCUT2D eigenvalue weighted by Crippen LogP contribution is -2.62. The molecule has 12 heteroatoms. The Morgan fingerprint density at radius 1 is 1.06 bits per heavy atom. The van der Waals surface area contributed by atoms with Crippen molar-refractivity contribution < 1.29 is 33.3 Å². The van der Waals surface area contributed by atoms with E-state index in [4.69, 9.17) is 30.5 Å². The van der Waals surface area contributed by atoms with E-state index in [1.807, 2.05) is 0 Å². The molecule has 3 heterocycles. The van der Waals surface area contributed by atoms with Crippen molar-refractivity contribution in [2.75, 3.05) is 0 Å². The van der Waals surface area contributed by atoms with Crippen LogP contribution in [-0.2, 0) is 28.5 Å². The maximum Gasteiger partial charge on any atom is 0.338 e. The van der Waals surface area contributed by atoms with Gasteiger partial charge in [0, 0.05) is 13.8 Å². The van der Waals surface area contributed by atoms with Gasteiger partial charge in [-0.05, 0) is 25.0 Å². The van der Waals surface area contributed by atoms with E-state index >= 15 is 0 Å². The largest absolute Gasteiger partial charge is 0.456 e. The third kappa shape index (κ3) is 4.00. The van der Waals surface area contributed by atoms with Crippen LogP contribution >= 0.6 is 11.6 Å². The average Bonchev–Trinajstić information content (AvgIpc) is 3.38. The number of carbonyl (C=O) groups excluding carboxylic acids is 3. The van der Waals surface area contributed by atoms with E-state index in [-0.39, 0.29) is 5.15 Å². The van der Waals surface area contributed by atoms with E-state index in [2.05, 4.69) is 15.0 Å². The molecule has 0 N–H and O–H groups in total. The number of nitrogens with zero attached hydrogens (tertiary/aromatic N) is 4. The van der Waals surface area contributed by atoms with E-state index in [1.165, 1.54) is 31.1 Å². The third-order valence-corrected chi connectivity index (χ3v) is 6.46. The Bertz CT molecular complexity index is 1300. The first kappa shape index (κ1) is 23.2. The molecule has 3 aromatic rings. The number of halogens is 1. The van der Waals surface area contributed by atoms with Crippen LogP contribution in [0.2, 0.25) is 5.15 Å². The quantitative estimate of drug-likeness (QED) is 0.292. The Morgan fingerprint density at radius 2 is 1.80 bits per heavy atom. The van der Waals surface area contributed by atoms with Crippen LogP contribution in [-0.4, -0.2) is 61.3 Å². The minimum atomic E-state index is -1.24. The molecule has 11 nitrogen and oxygen atoms in total. The molecule has 1 saturated carbocycles. The zero-order valence-electron chi connectivity index (χ0n) is 18.8. The molecule has 1 saturated heterocycles. The Balaban J connectivity index is 1.54. The van der Waals surface area contributed by atoms with E-state index < -0.39 is 48.0 Å². The van der Waals surface area contributed by atoms with Gasteiger partial charge in [-0.1, -0.05) is 29.8 Å². The van der Waals surface area contributed by atoms with E-state index in [0.717, 1.165) is 0 Å². The molecule has 2 fully saturated rings. The highest BCUT2D eigenvalue weighted by Gasteiger charge is 2.68. The first-order valence-corrected chi connectivity index (χ1v) is 11.3. The predicted octanol–water partition coefficient (Wildman–Crippen LogP) is 2.63. The highest BCUT2D eigenvalue weighted by atomic mass is 35.5. The Morgan fingerprint density at radius 3 is 2.46 bits per heavy atom. The SMILES string of the molecule is CC(=O)OC1C(n2cnc3c(Cl)ncnc32)O[C@]2(CC[C@H]2OC(=O)c2ccccc2)C1OC(C)=O. The van der Waals surface area contributed by atoms with E-state index in [0.29, 0.717) is 29.6 Å². The highest BCUT2D eigenvalue weighted by molar-refractivity contribution is 6.33. The summed E-state index contributed by atoms with van der Waals surface area (Å²) in [5.74, 6) is -1.75. The molecule has 5 rings (SSSR count). The van der Waals surface area contributed by atoms with Crippen molar-refractivity contribution in [1.29, 1.82) is 0 Å². The molecule has 3 unspecified atom stereocenters. The van der Waals surface area contributed by atoms with Crippen LogP contribution in [0, 0.1) is 0 Å². The lowest BCUT2D eigenvalue weighted by atomic mass is 9.72. The van der Waals surface area contributed by atoms with Crippen molar-refractivity contribution in [3.63, 3.8) is 0 Å². The molecule has 0 bridgehead atoms. The lowest BCUT2D eigenvalue weighted by Gasteiger charge is -2.47. The molecular weight excluding hydrogens is 480 g/mol. The molecule has 1 aliphatic carbocycles. The highest BCUT2D eigenvalue weighted by Crippen LogP contribution is 2.53. The van der Waals surface area contributed by atoms with Gasteiger partial charge in [-0.25, -0.2) is 19.7 Å². The van der Waals surface area contributed by atoms with Crippen molar-refractivity contribution in [1.82, 2.24) is 19.5 Å². The number of hydrogen-bond donors (Lipinski definition) is 0. The minimum absolute atomic E-state index is 0.139. The molecule has 2 aromatic heterocycles. The summed E-state index contributed by atoms with van der Waals surface area (Å²) < 4.78 is 25.0. The van der Waals surface area contributed by atoms with Crippen molar-refractivity contribution in [2.24, 2.45) is 0 Å². The lowest BCUT2D eigenvalue weighted by molar-refractivity contribution is -0.221. The second kappa shape index (κ2) is 8.90. The van der Waals surface area contributed by atoms with Crippen LogP contribution in [0.5, 0.6) is 0 Å². The summed E-state index contributed by atoms with van der Waals surface area (Å²) in [5, 5.41) is 0.139. The van der Waals surface area contributed by atoms with E-state index in [1.54, 1.807) is 30.3 Å². The van der Waals surface area contributed by atoms with Gasteiger partial charge < -0.3 is 18.9 Å². The Kier molecular flexibility index (Phi) is 5.89. The summed E-state index contributed by atoms with van der Waals surface area (Å²) in [5.41, 5.74) is -0.210. The van der Waals surface area contributed by atoms with Crippen molar-refractivity contribution in [3.8, 4) is 0 Å². The Hall–Kier alpha value is -3.57. The zero-order chi connectivity index (χ0) is 24.7. The molecule has 1 spiro atoms. The third-order valence-electron chi connectivity index (χ3n) is 6.19. The molecule has 1 aromatic carbocycles. The first-order valence-electron chi connectivity index (χ1n) is 10.9. The summed E-state index contributed by atoms with van der Waals surface area (Å²) in [6, 6.07) is 8.52. The molecule has 0 amide bonds. The summed E-state index contributed by atoms with van der Waals surface area (Å²) in [6.07, 6.45) is -0.297. The fourth-order valence-corrected chi connectivity index (χ4v) is 4.78. The summed E-state index contributed by atoms with van der Waals surface area (Å²) >= 11 is 6.15. The van der Waals surface area contributed by atoms with E-state index in [9.17, 15) is 14.4 Å². The number of rotatable bonds is 5. The van der Waals surface area contributed by atoms with Crippen LogP contribution in [0.1, 0.15) is 43.3 Å². The number of aromatic nitrogens is 4. The number of carbonyl (C=O) groups is 3. The normalized spacial score (nSPS) is 27.4. The van der Waals surface area contributed by atoms with Crippen molar-refractivity contribution in [3.05, 3.63) is 53.7 Å².